The Morgan fingerprint density at radius 2 is 1.70 bits per heavy atom. The number of phenolic OH excluding ortho intramolecular Hbond substituents is 3. The number of aliphatic hydroxyl groups excluding tert-OH is 5. The average molecular weight is 1240 g/mol. The number of allylic oxidation sites excluding steroid dienone is 1. The summed E-state index contributed by atoms with van der Waals surface area (Å²) in [5.41, 5.74) is 8.36. The Bertz CT molecular complexity index is 3980. The van der Waals surface area contributed by atoms with Crippen LogP contribution in [0.1, 0.15) is 136 Å². The number of aromatic hydroxyl groups is 3. The van der Waals surface area contributed by atoms with Crippen LogP contribution in [0.25, 0.3) is 38.8 Å². The lowest BCUT2D eigenvalue weighted by Crippen LogP contribution is -2.67. The third-order valence-electron chi connectivity index (χ3n) is 22.6. The minimum absolute atomic E-state index is 0.00455. The summed E-state index contributed by atoms with van der Waals surface area (Å²) in [6, 6.07) is 27.8. The molecular formula is C74H84N4O13. The normalized spacial score (nSPS) is 30.9. The van der Waals surface area contributed by atoms with E-state index in [1.165, 1.54) is 13.2 Å². The summed E-state index contributed by atoms with van der Waals surface area (Å²) < 4.78 is 20.2. The van der Waals surface area contributed by atoms with E-state index in [-0.39, 0.29) is 134 Å². The Kier molecular flexibility index (Phi) is 16.6. The molecule has 1 saturated heterocycles. The summed E-state index contributed by atoms with van der Waals surface area (Å²) in [6.45, 7) is -0.342. The van der Waals surface area contributed by atoms with E-state index in [1.807, 2.05) is 42.6 Å². The number of phenols is 3. The van der Waals surface area contributed by atoms with E-state index in [0.717, 1.165) is 86.8 Å². The number of aliphatic hydroxyl groups is 5. The van der Waals surface area contributed by atoms with Gasteiger partial charge in [0.2, 0.25) is 0 Å². The zero-order valence-electron chi connectivity index (χ0n) is 51.5. The van der Waals surface area contributed by atoms with Gasteiger partial charge in [0.1, 0.15) is 30.7 Å². The summed E-state index contributed by atoms with van der Waals surface area (Å²) in [6.07, 6.45) is 8.70. The number of carbonyl (C=O) groups is 2. The number of cyclic esters (lactones) is 1. The number of aromatic nitrogens is 3. The summed E-state index contributed by atoms with van der Waals surface area (Å²) in [5.74, 6) is 4.86. The molecule has 2 aliphatic heterocycles. The molecule has 5 aliphatic carbocycles. The first-order chi connectivity index (χ1) is 44.2. The molecule has 2 spiro atoms. The second-order valence-corrected chi connectivity index (χ2v) is 27.6. The molecule has 17 nitrogen and oxygen atoms in total. The lowest BCUT2D eigenvalue weighted by Gasteiger charge is -2.59. The van der Waals surface area contributed by atoms with Crippen LogP contribution in [0.4, 0.5) is 0 Å². The number of ether oxygens (including phenoxy) is 3. The van der Waals surface area contributed by atoms with Crippen molar-refractivity contribution in [3.8, 4) is 51.8 Å². The molecule has 2 bridgehead atoms. The average Bonchev–Trinajstić information content (AvgIpc) is 1.55. The van der Waals surface area contributed by atoms with Gasteiger partial charge in [0.25, 0.3) is 0 Å². The van der Waals surface area contributed by atoms with Crippen LogP contribution in [0, 0.1) is 52.8 Å². The number of hydrogen-bond acceptors (Lipinski definition) is 14. The van der Waals surface area contributed by atoms with Gasteiger partial charge in [0.05, 0.1) is 60.5 Å². The number of ketones is 1. The van der Waals surface area contributed by atoms with Gasteiger partial charge in [-0.2, -0.15) is 0 Å². The van der Waals surface area contributed by atoms with Gasteiger partial charge in [-0.05, 0) is 194 Å². The minimum atomic E-state index is -1.38. The Morgan fingerprint density at radius 3 is 2.54 bits per heavy atom. The number of methoxy groups -OCH3 is 1. The maximum atomic E-state index is 15.7. The number of benzene rings is 4. The number of Topliss-reactive ketones (excluding diaryl/α,β-unsaturated/α-hetero) is 1. The minimum Gasteiger partial charge on any atom is -0.508 e. The van der Waals surface area contributed by atoms with Crippen LogP contribution in [0.5, 0.6) is 28.7 Å². The zero-order chi connectivity index (χ0) is 62.9. The fourth-order valence-corrected chi connectivity index (χ4v) is 19.1. The molecule has 5 heterocycles. The van der Waals surface area contributed by atoms with E-state index in [2.05, 4.69) is 62.0 Å². The molecule has 7 aromatic rings. The molecule has 17 heteroatoms. The number of piperidine rings is 1. The van der Waals surface area contributed by atoms with E-state index in [9.17, 15) is 45.6 Å². The standard InChI is InChI=1S/C74H84N4O13/c1-89-65-36-53-52(35-64(65)87)55-30-44-38-73(39-45(11-8-24-79)74(40-73)68(31-43-10-7-16-62(85)71(43)77-74)78-59-22-23-75-58(59)37-60(78)42-9-6-12-46(81)29-42)56-33-47(82)19-20-51(56)70(44)54(53)32-48(83)34-67(63(86)27-41-18-21-61(84)66(28-41)90-26-25-80)91-69(88)17-5-3-14-50-49-13-2-4-15-57(49)76-72(50)55/h2,4,6,9,12-13,15,18,21-23,28-30,35-37,43-45,47,51,54,56,62-63,67-68,70-71,75-77,79-82,84-87H,7-8,10-11,14,16-17,19-20,24-27,31-34,38-40H2,1H3. The third-order valence-corrected chi connectivity index (χ3v) is 22.6. The van der Waals surface area contributed by atoms with Crippen LogP contribution in [-0.4, -0.2) is 130 Å². The van der Waals surface area contributed by atoms with E-state index >= 15 is 4.79 Å². The van der Waals surface area contributed by atoms with Crippen molar-refractivity contribution in [2.24, 2.45) is 40.9 Å². The van der Waals surface area contributed by atoms with Gasteiger partial charge in [0.15, 0.2) is 23.0 Å². The van der Waals surface area contributed by atoms with Gasteiger partial charge < -0.3 is 74.9 Å². The van der Waals surface area contributed by atoms with Crippen LogP contribution < -0.4 is 14.8 Å². The summed E-state index contributed by atoms with van der Waals surface area (Å²) in [7, 11) is 1.52. The molecule has 4 saturated carbocycles. The summed E-state index contributed by atoms with van der Waals surface area (Å²) in [4.78, 5) is 37.0. The highest BCUT2D eigenvalue weighted by molar-refractivity contribution is 5.95. The Morgan fingerprint density at radius 1 is 0.846 bits per heavy atom. The number of aromatic amines is 2. The second kappa shape index (κ2) is 24.8. The smallest absolute Gasteiger partial charge is 0.318 e. The number of fused-ring (bicyclic) bond motifs is 11. The van der Waals surface area contributed by atoms with Crippen molar-refractivity contribution in [1.82, 2.24) is 19.9 Å². The second-order valence-electron chi connectivity index (χ2n) is 27.6. The molecule has 11 N–H and O–H groups in total. The van der Waals surface area contributed by atoms with Crippen LogP contribution in [0.15, 0.2) is 103 Å². The van der Waals surface area contributed by atoms with Crippen LogP contribution >= 0.6 is 0 Å². The Hall–Kier alpha value is -7.56. The molecule has 14 rings (SSSR count). The molecule has 0 amide bonds. The van der Waals surface area contributed by atoms with Gasteiger partial charge in [-0.25, -0.2) is 0 Å². The monoisotopic (exact) mass is 1240 g/mol. The number of rotatable bonds is 12. The van der Waals surface area contributed by atoms with Gasteiger partial charge >= 0.3 is 5.97 Å². The first-order valence-corrected chi connectivity index (χ1v) is 33.0. The van der Waals surface area contributed by atoms with E-state index in [0.29, 0.717) is 56.9 Å². The zero-order valence-corrected chi connectivity index (χ0v) is 51.5. The van der Waals surface area contributed by atoms with Gasteiger partial charge in [-0.3, -0.25) is 9.59 Å². The predicted octanol–water partition coefficient (Wildman–Crippen LogP) is 10.0. The van der Waals surface area contributed by atoms with E-state index in [4.69, 9.17) is 14.2 Å². The highest BCUT2D eigenvalue weighted by Crippen LogP contribution is 2.71. The van der Waals surface area contributed by atoms with Crippen molar-refractivity contribution >= 4 is 39.3 Å². The van der Waals surface area contributed by atoms with Crippen molar-refractivity contribution in [1.29, 1.82) is 0 Å². The van der Waals surface area contributed by atoms with Gasteiger partial charge in [-0.15, -0.1) is 0 Å². The van der Waals surface area contributed by atoms with Crippen molar-refractivity contribution in [3.05, 3.63) is 131 Å². The number of nitrogens with zero attached hydrogens (tertiary/aromatic N) is 1. The van der Waals surface area contributed by atoms with E-state index in [1.54, 1.807) is 24.3 Å². The number of carbonyl (C=O) groups excluding carboxylic acids is 2. The van der Waals surface area contributed by atoms with Crippen molar-refractivity contribution in [3.63, 3.8) is 0 Å². The lowest BCUT2D eigenvalue weighted by atomic mass is 9.47. The lowest BCUT2D eigenvalue weighted by molar-refractivity contribution is -0.155. The molecular weight excluding hydrogens is 1150 g/mol. The maximum Gasteiger partial charge on any atom is 0.318 e. The topological polar surface area (TPSA) is 272 Å². The van der Waals surface area contributed by atoms with Crippen LogP contribution in [0.2, 0.25) is 0 Å². The highest BCUT2D eigenvalue weighted by atomic mass is 16.6. The van der Waals surface area contributed by atoms with Crippen LogP contribution in [0.3, 0.4) is 0 Å². The molecule has 4 aromatic carbocycles. The predicted molar refractivity (Wildman–Crippen MR) is 343 cm³/mol. The molecule has 7 aliphatic rings. The van der Waals surface area contributed by atoms with Crippen LogP contribution in [-0.2, 0) is 27.2 Å². The van der Waals surface area contributed by atoms with Crippen molar-refractivity contribution in [2.45, 2.75) is 157 Å². The first kappa shape index (κ1) is 61.0. The fraction of sp³-hybridized carbons (Fsp3) is 0.486. The molecule has 5 fully saturated rings. The van der Waals surface area contributed by atoms with E-state index < -0.39 is 47.3 Å². The molecule has 3 aromatic heterocycles. The molecule has 0 radical (unpaired) electrons. The molecule has 15 atom stereocenters. The van der Waals surface area contributed by atoms with Crippen molar-refractivity contribution < 1.29 is 64.7 Å². The third kappa shape index (κ3) is 11.1. The number of H-pyrrole nitrogens is 2. The van der Waals surface area contributed by atoms with Gasteiger partial charge in [-0.1, -0.05) is 60.7 Å². The quantitative estimate of drug-likeness (QED) is 0.0402. The summed E-state index contributed by atoms with van der Waals surface area (Å²) in [5, 5.41) is 96.3. The number of hydrogen-bond donors (Lipinski definition) is 11. The SMILES string of the molecule is COc1cc2c(cc1O)C1=CC3CC4(CC(CCCO)C5(C4)NC4C(O)CCCC4CC5n4c(-c5cccc(O)c5)cc5[nH]ccc54)C4CC(O)CCC4C3C2CC(=O)CC(C(O)Cc2ccc(O)c(OCCO)c2)OC(=O)CC#CCc2c1[nH]c1ccccc21. The maximum absolute atomic E-state index is 15.7. The molecule has 478 valence electrons. The Labute approximate surface area is 529 Å². The van der Waals surface area contributed by atoms with Crippen molar-refractivity contribution in [2.75, 3.05) is 26.9 Å². The number of para-hydroxylation sites is 1. The number of nitrogens with one attached hydrogen (secondary N) is 3. The fourth-order valence-electron chi connectivity index (χ4n) is 19.1. The first-order valence-electron chi connectivity index (χ1n) is 33.0. The Balaban J connectivity index is 0.949. The van der Waals surface area contributed by atoms with Gasteiger partial charge in [0, 0.05) is 72.1 Å². The number of esters is 1. The highest BCUT2D eigenvalue weighted by Gasteiger charge is 2.67. The molecule has 15 unspecified atom stereocenters. The largest absolute Gasteiger partial charge is 0.508 e. The molecule has 91 heavy (non-hydrogen) atoms. The summed E-state index contributed by atoms with van der Waals surface area (Å²) >= 11 is 0.